The smallest absolute Gasteiger partial charge is 0.255 e. The van der Waals surface area contributed by atoms with Crippen LogP contribution in [-0.4, -0.2) is 82.5 Å². The number of benzene rings is 1. The molecule has 1 fully saturated rings. The zero-order chi connectivity index (χ0) is 27.1. The molecule has 1 aromatic carbocycles. The highest BCUT2D eigenvalue weighted by Crippen LogP contribution is 2.21. The number of rotatable bonds is 3. The average molecular weight is 530 g/mol. The molecule has 2 aromatic rings. The third-order valence-electron chi connectivity index (χ3n) is 6.67. The summed E-state index contributed by atoms with van der Waals surface area (Å²) in [5, 5.41) is 17.2. The molecule has 2 bridgehead atoms. The second kappa shape index (κ2) is 12.8. The number of ether oxygens (including phenoxy) is 1. The van der Waals surface area contributed by atoms with Gasteiger partial charge in [0.15, 0.2) is 0 Å². The van der Waals surface area contributed by atoms with Crippen LogP contribution < -0.4 is 20.7 Å². The van der Waals surface area contributed by atoms with Crippen molar-refractivity contribution in [1.29, 1.82) is 0 Å². The van der Waals surface area contributed by atoms with E-state index in [1.165, 1.54) is 12.1 Å². The van der Waals surface area contributed by atoms with Gasteiger partial charge in [0.1, 0.15) is 24.2 Å². The maximum Gasteiger partial charge on any atom is 0.255 e. The summed E-state index contributed by atoms with van der Waals surface area (Å²) in [4.78, 5) is 41.2. The summed E-state index contributed by atoms with van der Waals surface area (Å²) < 4.78 is 21.5. The van der Waals surface area contributed by atoms with Crippen molar-refractivity contribution in [3.05, 3.63) is 41.5 Å². The monoisotopic (exact) mass is 529 g/mol. The largest absolute Gasteiger partial charge is 0.491 e. The molecular weight excluding hydrogens is 493 g/mol. The Hall–Kier alpha value is -3.54. The van der Waals surface area contributed by atoms with Gasteiger partial charge >= 0.3 is 0 Å². The normalized spacial score (nSPS) is 21.6. The van der Waals surface area contributed by atoms with Crippen molar-refractivity contribution in [3.63, 3.8) is 0 Å². The molecule has 4 rings (SSSR count). The highest BCUT2D eigenvalue weighted by atomic mass is 19.1. The van der Waals surface area contributed by atoms with Gasteiger partial charge in [-0.05, 0) is 49.9 Å². The van der Waals surface area contributed by atoms with Crippen LogP contribution >= 0.6 is 0 Å². The van der Waals surface area contributed by atoms with Gasteiger partial charge in [-0.1, -0.05) is 19.1 Å². The van der Waals surface area contributed by atoms with Gasteiger partial charge in [0.05, 0.1) is 23.8 Å². The number of carbonyl (C=O) groups excluding carboxylic acids is 3. The summed E-state index contributed by atoms with van der Waals surface area (Å²) in [6.45, 7) is 6.22. The lowest BCUT2D eigenvalue weighted by Gasteiger charge is -2.26. The molecule has 2 aliphatic heterocycles. The van der Waals surface area contributed by atoms with Gasteiger partial charge in [-0.25, -0.2) is 9.07 Å². The summed E-state index contributed by atoms with van der Waals surface area (Å²) in [5.41, 5.74) is 0.735. The average Bonchev–Trinajstić information content (AvgIpc) is 3.58. The van der Waals surface area contributed by atoms with E-state index in [0.717, 1.165) is 31.1 Å². The zero-order valence-corrected chi connectivity index (χ0v) is 21.9. The zero-order valence-electron chi connectivity index (χ0n) is 21.9. The van der Waals surface area contributed by atoms with E-state index in [1.54, 1.807) is 15.8 Å². The Labute approximate surface area is 221 Å². The minimum absolute atomic E-state index is 0.00221. The number of hydrogen-bond donors (Lipinski definition) is 3. The molecule has 0 saturated carbocycles. The molecule has 2 aliphatic rings. The Bertz CT molecular complexity index is 1130. The Morgan fingerprint density at radius 1 is 1.21 bits per heavy atom. The van der Waals surface area contributed by atoms with Crippen LogP contribution in [0.4, 0.5) is 4.39 Å². The summed E-state index contributed by atoms with van der Waals surface area (Å²) >= 11 is 0. The highest BCUT2D eigenvalue weighted by molar-refractivity contribution is 5.99. The minimum Gasteiger partial charge on any atom is -0.491 e. The van der Waals surface area contributed by atoms with E-state index in [-0.39, 0.29) is 48.2 Å². The van der Waals surface area contributed by atoms with Crippen LogP contribution in [0.2, 0.25) is 0 Å². The molecule has 11 nitrogen and oxygen atoms in total. The molecule has 0 unspecified atom stereocenters. The number of hydrogen-bond acceptors (Lipinski definition) is 7. The number of nitrogens with one attached hydrogen (secondary N) is 3. The standard InChI is InChI=1S/C26H36FN7O4/c1-17(2)14-22-25(36)29-9-11-33(26(37)21-4-3-8-28-21)10-7-19-16-34(32-31-19)12-13-38-23-6-5-18(27)15-20(23)24(35)30-22/h5-6,15-17,21-22,28H,3-4,7-14H2,1-2H3,(H,29,36)(H,30,35)/t21-,22+/m0/s1. The number of nitrogens with zero attached hydrogens (tertiary/aromatic N) is 4. The van der Waals surface area contributed by atoms with Crippen molar-refractivity contribution >= 4 is 17.7 Å². The molecule has 206 valence electrons. The fourth-order valence-corrected chi connectivity index (χ4v) is 4.69. The van der Waals surface area contributed by atoms with Crippen molar-refractivity contribution in [2.75, 3.05) is 32.8 Å². The van der Waals surface area contributed by atoms with E-state index in [2.05, 4.69) is 26.3 Å². The van der Waals surface area contributed by atoms with Crippen molar-refractivity contribution < 1.29 is 23.5 Å². The maximum absolute atomic E-state index is 14.1. The van der Waals surface area contributed by atoms with Crippen molar-refractivity contribution in [1.82, 2.24) is 35.8 Å². The summed E-state index contributed by atoms with van der Waals surface area (Å²) in [6.07, 6.45) is 4.42. The molecule has 1 aromatic heterocycles. The lowest BCUT2D eigenvalue weighted by Crippen LogP contribution is -2.51. The molecule has 3 amide bonds. The van der Waals surface area contributed by atoms with Gasteiger partial charge in [0, 0.05) is 32.3 Å². The van der Waals surface area contributed by atoms with E-state index in [9.17, 15) is 18.8 Å². The Balaban J connectivity index is 1.56. The van der Waals surface area contributed by atoms with Crippen LogP contribution in [0.1, 0.15) is 49.2 Å². The summed E-state index contributed by atoms with van der Waals surface area (Å²) in [7, 11) is 0. The third kappa shape index (κ3) is 7.27. The quantitative estimate of drug-likeness (QED) is 0.538. The van der Waals surface area contributed by atoms with Crippen LogP contribution in [0.15, 0.2) is 24.4 Å². The third-order valence-corrected chi connectivity index (χ3v) is 6.67. The van der Waals surface area contributed by atoms with Gasteiger partial charge in [-0.2, -0.15) is 0 Å². The molecule has 1 saturated heterocycles. The molecule has 0 spiro atoms. The van der Waals surface area contributed by atoms with Crippen LogP contribution in [-0.2, 0) is 22.6 Å². The van der Waals surface area contributed by atoms with Gasteiger partial charge in [0.2, 0.25) is 11.8 Å². The van der Waals surface area contributed by atoms with Gasteiger partial charge in [-0.15, -0.1) is 5.10 Å². The lowest BCUT2D eigenvalue weighted by molar-refractivity contribution is -0.133. The molecular formula is C26H36FN7O4. The van der Waals surface area contributed by atoms with E-state index in [1.807, 2.05) is 13.8 Å². The number of carbonyl (C=O) groups is 3. The fraction of sp³-hybridized carbons (Fsp3) is 0.577. The van der Waals surface area contributed by atoms with Crippen LogP contribution in [0.5, 0.6) is 5.75 Å². The van der Waals surface area contributed by atoms with Crippen molar-refractivity contribution in [2.24, 2.45) is 5.92 Å². The Morgan fingerprint density at radius 2 is 2.05 bits per heavy atom. The first kappa shape index (κ1) is 27.5. The molecule has 38 heavy (non-hydrogen) atoms. The topological polar surface area (TPSA) is 130 Å². The number of amides is 3. The van der Waals surface area contributed by atoms with Gasteiger partial charge in [0.25, 0.3) is 5.91 Å². The number of fused-ring (bicyclic) bond motifs is 3. The second-order valence-corrected chi connectivity index (χ2v) is 10.1. The predicted octanol–water partition coefficient (Wildman–Crippen LogP) is 0.894. The first-order valence-electron chi connectivity index (χ1n) is 13.2. The van der Waals surface area contributed by atoms with E-state index >= 15 is 0 Å². The molecule has 2 atom stereocenters. The fourth-order valence-electron chi connectivity index (χ4n) is 4.69. The van der Waals surface area contributed by atoms with E-state index in [4.69, 9.17) is 4.74 Å². The minimum atomic E-state index is -0.831. The first-order valence-corrected chi connectivity index (χ1v) is 13.2. The van der Waals surface area contributed by atoms with Crippen molar-refractivity contribution in [2.45, 2.75) is 58.2 Å². The van der Waals surface area contributed by atoms with Crippen LogP contribution in [0, 0.1) is 11.7 Å². The van der Waals surface area contributed by atoms with E-state index in [0.29, 0.717) is 32.5 Å². The van der Waals surface area contributed by atoms with Crippen LogP contribution in [0.3, 0.4) is 0 Å². The maximum atomic E-state index is 14.1. The summed E-state index contributed by atoms with van der Waals surface area (Å²) in [6, 6.07) is 2.66. The molecule has 0 aliphatic carbocycles. The lowest BCUT2D eigenvalue weighted by atomic mass is 10.0. The van der Waals surface area contributed by atoms with E-state index < -0.39 is 17.8 Å². The first-order chi connectivity index (χ1) is 18.3. The SMILES string of the molecule is CC(C)C[C@H]1NC(=O)c2cc(F)ccc2OCCn2cc(nn2)CCN(C(=O)[C@@H]2CCCN2)CCNC1=O. The Kier molecular flexibility index (Phi) is 9.27. The molecule has 3 N–H and O–H groups in total. The number of halogens is 1. The van der Waals surface area contributed by atoms with Crippen LogP contribution in [0.25, 0.3) is 0 Å². The Morgan fingerprint density at radius 3 is 2.82 bits per heavy atom. The summed E-state index contributed by atoms with van der Waals surface area (Å²) in [5.74, 6) is -1.22. The number of aromatic nitrogens is 3. The highest BCUT2D eigenvalue weighted by Gasteiger charge is 2.28. The molecule has 12 heteroatoms. The van der Waals surface area contributed by atoms with Gasteiger partial charge < -0.3 is 25.6 Å². The second-order valence-electron chi connectivity index (χ2n) is 10.1. The van der Waals surface area contributed by atoms with Crippen molar-refractivity contribution in [3.8, 4) is 5.75 Å². The van der Waals surface area contributed by atoms with Gasteiger partial charge in [-0.3, -0.25) is 14.4 Å². The molecule has 3 heterocycles. The predicted molar refractivity (Wildman–Crippen MR) is 137 cm³/mol. The molecule has 0 radical (unpaired) electrons.